The standard InChI is InChI=1S/C13H19N5O2S2/c14-12-16-13(18-17-12)22-5-8-4-21-11(15-8)7-1-2-9-10(3-7)20-6-19-9/h1-3,8,11-13,15-18H,4-6,14H2. The number of nitrogens with two attached hydrogens (primary N) is 1. The van der Waals surface area contributed by atoms with Crippen molar-refractivity contribution in [2.45, 2.75) is 23.2 Å². The Morgan fingerprint density at radius 3 is 3.00 bits per heavy atom. The zero-order chi connectivity index (χ0) is 14.9. The molecule has 4 atom stereocenters. The van der Waals surface area contributed by atoms with Gasteiger partial charge in [0.25, 0.3) is 0 Å². The molecule has 0 aliphatic carbocycles. The van der Waals surface area contributed by atoms with Crippen LogP contribution in [0, 0.1) is 0 Å². The van der Waals surface area contributed by atoms with Crippen LogP contribution < -0.4 is 36.7 Å². The number of hydrogen-bond acceptors (Lipinski definition) is 9. The molecule has 6 N–H and O–H groups in total. The van der Waals surface area contributed by atoms with E-state index >= 15 is 0 Å². The Morgan fingerprint density at radius 2 is 2.14 bits per heavy atom. The monoisotopic (exact) mass is 341 g/mol. The second-order valence-electron chi connectivity index (χ2n) is 5.34. The van der Waals surface area contributed by atoms with Crippen molar-refractivity contribution >= 4 is 23.5 Å². The molecule has 4 rings (SSSR count). The molecule has 1 aromatic carbocycles. The smallest absolute Gasteiger partial charge is 0.231 e. The summed E-state index contributed by atoms with van der Waals surface area (Å²) in [4.78, 5) is 0. The van der Waals surface area contributed by atoms with Gasteiger partial charge in [-0.25, -0.2) is 10.9 Å². The zero-order valence-corrected chi connectivity index (χ0v) is 13.5. The molecule has 0 saturated carbocycles. The molecule has 0 bridgehead atoms. The number of ether oxygens (including phenoxy) is 2. The molecule has 9 heteroatoms. The molecule has 4 unspecified atom stereocenters. The Bertz CT molecular complexity index is 549. The lowest BCUT2D eigenvalue weighted by Crippen LogP contribution is -2.41. The van der Waals surface area contributed by atoms with E-state index < -0.39 is 0 Å². The first kappa shape index (κ1) is 14.9. The predicted octanol–water partition coefficient (Wildman–Crippen LogP) is 0.0754. The Labute approximate surface area is 137 Å². The van der Waals surface area contributed by atoms with Crippen LogP contribution in [0.3, 0.4) is 0 Å². The quantitative estimate of drug-likeness (QED) is 0.522. The Balaban J connectivity index is 1.30. The van der Waals surface area contributed by atoms with E-state index in [4.69, 9.17) is 15.2 Å². The van der Waals surface area contributed by atoms with Gasteiger partial charge in [0.1, 0.15) is 11.8 Å². The molecule has 2 saturated heterocycles. The third-order valence-electron chi connectivity index (χ3n) is 3.72. The third-order valence-corrected chi connectivity index (χ3v) is 6.23. The molecule has 7 nitrogen and oxygen atoms in total. The Morgan fingerprint density at radius 1 is 1.23 bits per heavy atom. The van der Waals surface area contributed by atoms with Crippen LogP contribution in [0.15, 0.2) is 18.2 Å². The summed E-state index contributed by atoms with van der Waals surface area (Å²) in [6, 6.07) is 6.65. The molecule has 0 radical (unpaired) electrons. The van der Waals surface area contributed by atoms with Crippen molar-refractivity contribution in [1.82, 2.24) is 21.5 Å². The SMILES string of the molecule is NC1NNC(SCC2CSC(c3ccc4c(c3)OCO4)N2)N1. The third kappa shape index (κ3) is 3.16. The number of nitrogens with one attached hydrogen (secondary N) is 4. The lowest BCUT2D eigenvalue weighted by Gasteiger charge is -2.16. The van der Waals surface area contributed by atoms with Gasteiger partial charge >= 0.3 is 0 Å². The highest BCUT2D eigenvalue weighted by Crippen LogP contribution is 2.39. The molecule has 3 aliphatic heterocycles. The van der Waals surface area contributed by atoms with Gasteiger partial charge in [-0.05, 0) is 17.7 Å². The Hall–Kier alpha value is -0.680. The van der Waals surface area contributed by atoms with Crippen LogP contribution in [0.2, 0.25) is 0 Å². The molecule has 3 heterocycles. The zero-order valence-electron chi connectivity index (χ0n) is 11.9. The molecule has 0 amide bonds. The summed E-state index contributed by atoms with van der Waals surface area (Å²) in [5.74, 6) is 3.80. The fraction of sp³-hybridized carbons (Fsp3) is 0.538. The highest BCUT2D eigenvalue weighted by molar-refractivity contribution is 8.00. The van der Waals surface area contributed by atoms with Gasteiger partial charge in [0.15, 0.2) is 11.5 Å². The fourth-order valence-electron chi connectivity index (χ4n) is 2.60. The summed E-state index contributed by atoms with van der Waals surface area (Å²) >= 11 is 3.75. The maximum absolute atomic E-state index is 5.71. The van der Waals surface area contributed by atoms with Gasteiger partial charge in [0, 0.05) is 17.5 Å². The first-order valence-electron chi connectivity index (χ1n) is 7.19. The molecule has 120 valence electrons. The topological polar surface area (TPSA) is 92.6 Å². The van der Waals surface area contributed by atoms with Gasteiger partial charge in [0.2, 0.25) is 6.79 Å². The number of hydrazine groups is 1. The number of rotatable bonds is 4. The molecule has 3 aliphatic rings. The van der Waals surface area contributed by atoms with Crippen LogP contribution >= 0.6 is 23.5 Å². The van der Waals surface area contributed by atoms with Crippen LogP contribution in [-0.2, 0) is 0 Å². The van der Waals surface area contributed by atoms with E-state index in [0.29, 0.717) is 18.2 Å². The van der Waals surface area contributed by atoms with Crippen molar-refractivity contribution in [2.24, 2.45) is 5.73 Å². The van der Waals surface area contributed by atoms with E-state index in [1.807, 2.05) is 29.6 Å². The van der Waals surface area contributed by atoms with E-state index in [-0.39, 0.29) is 11.8 Å². The maximum atomic E-state index is 5.71. The summed E-state index contributed by atoms with van der Waals surface area (Å²) in [5.41, 5.74) is 13.2. The second-order valence-corrected chi connectivity index (χ2v) is 7.61. The van der Waals surface area contributed by atoms with E-state index in [1.54, 1.807) is 0 Å². The van der Waals surface area contributed by atoms with Crippen molar-refractivity contribution in [2.75, 3.05) is 18.3 Å². The number of benzene rings is 1. The van der Waals surface area contributed by atoms with Crippen molar-refractivity contribution in [3.8, 4) is 11.5 Å². The molecular weight excluding hydrogens is 322 g/mol. The first-order chi connectivity index (χ1) is 10.8. The number of fused-ring (bicyclic) bond motifs is 1. The first-order valence-corrected chi connectivity index (χ1v) is 9.29. The largest absolute Gasteiger partial charge is 0.454 e. The van der Waals surface area contributed by atoms with Gasteiger partial charge in [-0.1, -0.05) is 6.07 Å². The van der Waals surface area contributed by atoms with Crippen LogP contribution in [0.4, 0.5) is 0 Å². The van der Waals surface area contributed by atoms with E-state index in [2.05, 4.69) is 33.6 Å². The summed E-state index contributed by atoms with van der Waals surface area (Å²) in [6.45, 7) is 0.320. The molecule has 1 aromatic rings. The average Bonchev–Trinajstić information content (AvgIpc) is 3.24. The van der Waals surface area contributed by atoms with E-state index in [1.165, 1.54) is 5.56 Å². The molecule has 0 spiro atoms. The van der Waals surface area contributed by atoms with Crippen molar-refractivity contribution in [3.05, 3.63) is 23.8 Å². The predicted molar refractivity (Wildman–Crippen MR) is 88.3 cm³/mol. The number of hydrogen-bond donors (Lipinski definition) is 5. The van der Waals surface area contributed by atoms with Gasteiger partial charge in [-0.15, -0.1) is 23.5 Å². The van der Waals surface area contributed by atoms with Crippen molar-refractivity contribution < 1.29 is 9.47 Å². The lowest BCUT2D eigenvalue weighted by molar-refractivity contribution is 0.174. The van der Waals surface area contributed by atoms with Gasteiger partial charge in [-0.3, -0.25) is 10.6 Å². The van der Waals surface area contributed by atoms with Gasteiger partial charge < -0.3 is 15.2 Å². The average molecular weight is 341 g/mol. The lowest BCUT2D eigenvalue weighted by atomic mass is 10.2. The summed E-state index contributed by atoms with van der Waals surface area (Å²) in [7, 11) is 0. The minimum Gasteiger partial charge on any atom is -0.454 e. The van der Waals surface area contributed by atoms with E-state index in [9.17, 15) is 0 Å². The highest BCUT2D eigenvalue weighted by Gasteiger charge is 2.28. The molecule has 22 heavy (non-hydrogen) atoms. The van der Waals surface area contributed by atoms with Crippen LogP contribution in [0.5, 0.6) is 11.5 Å². The maximum Gasteiger partial charge on any atom is 0.231 e. The van der Waals surface area contributed by atoms with Crippen LogP contribution in [-0.4, -0.2) is 36.1 Å². The summed E-state index contributed by atoms with van der Waals surface area (Å²) in [5, 5.41) is 7.18. The van der Waals surface area contributed by atoms with Crippen LogP contribution in [0.25, 0.3) is 0 Å². The molecule has 0 aromatic heterocycles. The van der Waals surface area contributed by atoms with Crippen molar-refractivity contribution in [3.63, 3.8) is 0 Å². The Kier molecular flexibility index (Phi) is 4.36. The summed E-state index contributed by atoms with van der Waals surface area (Å²) < 4.78 is 10.8. The van der Waals surface area contributed by atoms with Crippen molar-refractivity contribution in [1.29, 1.82) is 0 Å². The number of thioether (sulfide) groups is 2. The van der Waals surface area contributed by atoms with Crippen LogP contribution in [0.1, 0.15) is 10.9 Å². The van der Waals surface area contributed by atoms with Gasteiger partial charge in [-0.2, -0.15) is 0 Å². The van der Waals surface area contributed by atoms with Gasteiger partial charge in [0.05, 0.1) is 5.37 Å². The normalized spacial score (nSPS) is 33.5. The molecular formula is C13H19N5O2S2. The minimum absolute atomic E-state index is 0.159. The highest BCUT2D eigenvalue weighted by atomic mass is 32.2. The molecule has 2 fully saturated rings. The fourth-order valence-corrected chi connectivity index (χ4v) is 5.05. The summed E-state index contributed by atoms with van der Waals surface area (Å²) in [6.07, 6.45) is -0.176. The van der Waals surface area contributed by atoms with E-state index in [0.717, 1.165) is 23.0 Å². The minimum atomic E-state index is -0.176. The second kappa shape index (κ2) is 6.44.